The fraction of sp³-hybridized carbons (Fsp3) is 0.0435. The molecule has 0 bridgehead atoms. The van der Waals surface area contributed by atoms with Gasteiger partial charge in [0.25, 0.3) is 5.91 Å². The van der Waals surface area contributed by atoms with E-state index in [1.807, 2.05) is 66.7 Å². The first-order chi connectivity index (χ1) is 13.7. The summed E-state index contributed by atoms with van der Waals surface area (Å²) in [5, 5.41) is 0. The van der Waals surface area contributed by atoms with Crippen molar-refractivity contribution in [3.05, 3.63) is 106 Å². The second-order valence-electron chi connectivity index (χ2n) is 6.72. The highest BCUT2D eigenvalue weighted by Gasteiger charge is 2.31. The van der Waals surface area contributed by atoms with E-state index in [4.69, 9.17) is 4.42 Å². The van der Waals surface area contributed by atoms with Gasteiger partial charge in [-0.3, -0.25) is 9.78 Å². The Balaban J connectivity index is 1.58. The molecule has 0 aliphatic carbocycles. The van der Waals surface area contributed by atoms with Crippen molar-refractivity contribution in [3.8, 4) is 0 Å². The van der Waals surface area contributed by atoms with E-state index in [0.29, 0.717) is 23.2 Å². The maximum atomic E-state index is 13.1. The van der Waals surface area contributed by atoms with Crippen molar-refractivity contribution < 1.29 is 9.21 Å². The molecule has 3 aromatic carbocycles. The maximum Gasteiger partial charge on any atom is 0.417 e. The van der Waals surface area contributed by atoms with E-state index in [9.17, 15) is 9.59 Å². The number of amides is 1. The van der Waals surface area contributed by atoms with Gasteiger partial charge in [-0.2, -0.15) is 0 Å². The molecule has 0 atom stereocenters. The van der Waals surface area contributed by atoms with Crippen molar-refractivity contribution >= 4 is 28.8 Å². The summed E-state index contributed by atoms with van der Waals surface area (Å²) < 4.78 is 5.16. The van der Waals surface area contributed by atoms with Crippen LogP contribution in [0.15, 0.2) is 82.0 Å². The number of nitrogens with one attached hydrogen (secondary N) is 1. The molecule has 0 spiro atoms. The smallest absolute Gasteiger partial charge is 0.408 e. The Morgan fingerprint density at radius 3 is 2.46 bits per heavy atom. The number of fused-ring (bicyclic) bond motifs is 2. The molecule has 1 aromatic heterocycles. The lowest BCUT2D eigenvalue weighted by Crippen LogP contribution is -2.22. The van der Waals surface area contributed by atoms with Gasteiger partial charge in [0.2, 0.25) is 0 Å². The molecule has 0 saturated heterocycles. The van der Waals surface area contributed by atoms with Crippen molar-refractivity contribution in [1.29, 1.82) is 0 Å². The summed E-state index contributed by atoms with van der Waals surface area (Å²) in [5.41, 5.74) is 5.52. The van der Waals surface area contributed by atoms with Crippen LogP contribution in [0, 0.1) is 0 Å². The maximum absolute atomic E-state index is 13.1. The summed E-state index contributed by atoms with van der Waals surface area (Å²) in [6.45, 7) is 0.386. The molecule has 136 valence electrons. The van der Waals surface area contributed by atoms with Gasteiger partial charge in [0.1, 0.15) is 0 Å². The minimum atomic E-state index is -0.485. The minimum absolute atomic E-state index is 0.0339. The zero-order chi connectivity index (χ0) is 19.1. The molecule has 0 radical (unpaired) electrons. The summed E-state index contributed by atoms with van der Waals surface area (Å²) in [7, 11) is 0. The Hall–Kier alpha value is -3.86. The van der Waals surface area contributed by atoms with E-state index >= 15 is 0 Å². The fourth-order valence-corrected chi connectivity index (χ4v) is 3.58. The summed E-state index contributed by atoms with van der Waals surface area (Å²) in [4.78, 5) is 28.9. The fourth-order valence-electron chi connectivity index (χ4n) is 3.58. The van der Waals surface area contributed by atoms with Gasteiger partial charge in [-0.15, -0.1) is 0 Å². The van der Waals surface area contributed by atoms with Gasteiger partial charge in [-0.1, -0.05) is 54.6 Å². The lowest BCUT2D eigenvalue weighted by Gasteiger charge is -2.19. The molecule has 0 fully saturated rings. The summed E-state index contributed by atoms with van der Waals surface area (Å²) in [6, 6.07) is 23.1. The van der Waals surface area contributed by atoms with Crippen LogP contribution in [0.2, 0.25) is 0 Å². The third kappa shape index (κ3) is 2.74. The molecule has 4 aromatic rings. The molecular weight excluding hydrogens is 352 g/mol. The van der Waals surface area contributed by atoms with E-state index in [2.05, 4.69) is 4.98 Å². The largest absolute Gasteiger partial charge is 0.417 e. The minimum Gasteiger partial charge on any atom is -0.408 e. The summed E-state index contributed by atoms with van der Waals surface area (Å²) >= 11 is 0. The van der Waals surface area contributed by atoms with Crippen molar-refractivity contribution in [2.45, 2.75) is 6.54 Å². The van der Waals surface area contributed by atoms with Gasteiger partial charge in [0, 0.05) is 11.1 Å². The number of carbonyl (C=O) groups excluding carboxylic acids is 1. The van der Waals surface area contributed by atoms with E-state index in [0.717, 1.165) is 22.4 Å². The number of hydrogen-bond acceptors (Lipinski definition) is 3. The van der Waals surface area contributed by atoms with Crippen molar-refractivity contribution in [3.63, 3.8) is 0 Å². The third-order valence-corrected chi connectivity index (χ3v) is 4.90. The molecule has 5 heteroatoms. The summed E-state index contributed by atoms with van der Waals surface area (Å²) in [6.07, 6.45) is 2.03. The monoisotopic (exact) mass is 368 g/mol. The highest BCUT2D eigenvalue weighted by Crippen LogP contribution is 2.35. The third-order valence-electron chi connectivity index (χ3n) is 4.90. The Morgan fingerprint density at radius 2 is 1.64 bits per heavy atom. The molecule has 5 nitrogen and oxygen atoms in total. The van der Waals surface area contributed by atoms with Crippen molar-refractivity contribution in [1.82, 2.24) is 9.88 Å². The predicted octanol–water partition coefficient (Wildman–Crippen LogP) is 4.28. The molecule has 1 aliphatic heterocycles. The van der Waals surface area contributed by atoms with Crippen LogP contribution >= 0.6 is 0 Å². The van der Waals surface area contributed by atoms with Crippen LogP contribution in [-0.4, -0.2) is 15.8 Å². The first-order valence-electron chi connectivity index (χ1n) is 8.99. The lowest BCUT2D eigenvalue weighted by molar-refractivity contribution is 0.0843. The number of carbonyl (C=O) groups is 1. The number of nitrogens with zero attached hydrogens (tertiary/aromatic N) is 1. The number of oxazole rings is 1. The number of aromatic nitrogens is 1. The SMILES string of the molecule is O=C1c2ccccc2/C(=C/c2ccccc2)N1Cc1ccc2[nH]c(=O)oc2c1. The van der Waals surface area contributed by atoms with Crippen LogP contribution in [-0.2, 0) is 6.54 Å². The number of hydrogen-bond donors (Lipinski definition) is 1. The molecule has 1 amide bonds. The average molecular weight is 368 g/mol. The van der Waals surface area contributed by atoms with Gasteiger partial charge in [0.05, 0.1) is 17.8 Å². The topological polar surface area (TPSA) is 66.3 Å². The quantitative estimate of drug-likeness (QED) is 0.587. The zero-order valence-electron chi connectivity index (χ0n) is 14.9. The molecule has 5 rings (SSSR count). The van der Waals surface area contributed by atoms with E-state index in [-0.39, 0.29) is 5.91 Å². The average Bonchev–Trinajstić information content (AvgIpc) is 3.21. The summed E-state index contributed by atoms with van der Waals surface area (Å²) in [5.74, 6) is -0.519. The van der Waals surface area contributed by atoms with Gasteiger partial charge < -0.3 is 9.32 Å². The van der Waals surface area contributed by atoms with Crippen LogP contribution in [0.3, 0.4) is 0 Å². The Kier molecular flexibility index (Phi) is 3.72. The predicted molar refractivity (Wildman–Crippen MR) is 107 cm³/mol. The van der Waals surface area contributed by atoms with Crippen LogP contribution in [0.25, 0.3) is 22.9 Å². The first-order valence-corrected chi connectivity index (χ1v) is 8.99. The van der Waals surface area contributed by atoms with Gasteiger partial charge in [0.15, 0.2) is 5.58 Å². The van der Waals surface area contributed by atoms with Crippen LogP contribution in [0.1, 0.15) is 27.0 Å². The number of H-pyrrole nitrogens is 1. The van der Waals surface area contributed by atoms with E-state index < -0.39 is 5.76 Å². The zero-order valence-corrected chi connectivity index (χ0v) is 14.9. The van der Waals surface area contributed by atoms with E-state index in [1.165, 1.54) is 0 Å². The van der Waals surface area contributed by atoms with Crippen molar-refractivity contribution in [2.75, 3.05) is 0 Å². The molecule has 0 unspecified atom stereocenters. The van der Waals surface area contributed by atoms with Gasteiger partial charge in [-0.25, -0.2) is 4.79 Å². The normalized spacial score (nSPS) is 14.8. The van der Waals surface area contributed by atoms with Gasteiger partial charge >= 0.3 is 5.76 Å². The molecule has 1 N–H and O–H groups in total. The highest BCUT2D eigenvalue weighted by molar-refractivity contribution is 6.11. The lowest BCUT2D eigenvalue weighted by atomic mass is 10.1. The van der Waals surface area contributed by atoms with Crippen molar-refractivity contribution in [2.24, 2.45) is 0 Å². The number of rotatable bonds is 3. The molecule has 1 aliphatic rings. The number of benzene rings is 3. The molecule has 28 heavy (non-hydrogen) atoms. The van der Waals surface area contributed by atoms with Crippen LogP contribution < -0.4 is 5.76 Å². The Morgan fingerprint density at radius 1 is 0.893 bits per heavy atom. The number of aromatic amines is 1. The standard InChI is InChI=1S/C23H16N2O3/c26-22-18-9-5-4-8-17(18)20(12-15-6-2-1-3-7-15)25(22)14-16-10-11-19-21(13-16)28-23(27)24-19/h1-13H,14H2,(H,24,27)/b20-12-. The molecule has 0 saturated carbocycles. The molecule has 2 heterocycles. The Labute approximate surface area is 160 Å². The van der Waals surface area contributed by atoms with Gasteiger partial charge in [-0.05, 0) is 35.4 Å². The highest BCUT2D eigenvalue weighted by atomic mass is 16.4. The van der Waals surface area contributed by atoms with Crippen LogP contribution in [0.4, 0.5) is 0 Å². The first kappa shape index (κ1) is 16.3. The van der Waals surface area contributed by atoms with Crippen LogP contribution in [0.5, 0.6) is 0 Å². The molecular formula is C23H16N2O3. The second-order valence-corrected chi connectivity index (χ2v) is 6.72. The van der Waals surface area contributed by atoms with E-state index in [1.54, 1.807) is 17.0 Å². The Bertz CT molecular complexity index is 1280. The second kappa shape index (κ2) is 6.39.